The number of methoxy groups -OCH3 is 1. The van der Waals surface area contributed by atoms with Gasteiger partial charge in [0, 0.05) is 37.2 Å². The van der Waals surface area contributed by atoms with Crippen LogP contribution in [0.3, 0.4) is 0 Å². The highest BCUT2D eigenvalue weighted by atomic mass is 16.5. The number of aryl methyl sites for hydroxylation is 1. The molecule has 3 aromatic rings. The van der Waals surface area contributed by atoms with Crippen LogP contribution in [-0.4, -0.2) is 48.5 Å². The van der Waals surface area contributed by atoms with E-state index < -0.39 is 0 Å². The fourth-order valence-electron chi connectivity index (χ4n) is 6.10. The van der Waals surface area contributed by atoms with Crippen molar-refractivity contribution in [1.29, 1.82) is 0 Å². The van der Waals surface area contributed by atoms with Crippen molar-refractivity contribution in [3.8, 4) is 5.75 Å². The van der Waals surface area contributed by atoms with Crippen LogP contribution in [0.5, 0.6) is 5.75 Å². The van der Waals surface area contributed by atoms with Gasteiger partial charge in [-0.2, -0.15) is 0 Å². The summed E-state index contributed by atoms with van der Waals surface area (Å²) in [6.07, 6.45) is 5.89. The molecule has 1 aliphatic heterocycles. The first kappa shape index (κ1) is 24.6. The second kappa shape index (κ2) is 11.3. The second-order valence-electron chi connectivity index (χ2n) is 10.5. The van der Waals surface area contributed by atoms with Gasteiger partial charge in [0.15, 0.2) is 0 Å². The highest BCUT2D eigenvalue weighted by Gasteiger charge is 2.38. The lowest BCUT2D eigenvalue weighted by Gasteiger charge is -2.37. The molecule has 0 bridgehead atoms. The topological polar surface area (TPSA) is 45.9 Å². The van der Waals surface area contributed by atoms with Crippen LogP contribution in [0.25, 0.3) is 0 Å². The number of ether oxygens (including phenoxy) is 1. The van der Waals surface area contributed by atoms with Crippen molar-refractivity contribution < 1.29 is 13.9 Å². The van der Waals surface area contributed by atoms with Crippen molar-refractivity contribution in [1.82, 2.24) is 9.80 Å². The summed E-state index contributed by atoms with van der Waals surface area (Å²) in [4.78, 5) is 18.5. The van der Waals surface area contributed by atoms with Gasteiger partial charge in [0.05, 0.1) is 13.7 Å². The minimum atomic E-state index is 0.173. The predicted octanol–water partition coefficient (Wildman–Crippen LogP) is 6.29. The molecular formula is C31H38N2O3. The molecule has 0 spiro atoms. The molecule has 5 nitrogen and oxygen atoms in total. The molecule has 5 rings (SSSR count). The second-order valence-corrected chi connectivity index (χ2v) is 10.5. The first-order valence-electron chi connectivity index (χ1n) is 13.4. The molecule has 5 heteroatoms. The van der Waals surface area contributed by atoms with Gasteiger partial charge in [-0.25, -0.2) is 0 Å². The number of carbonyl (C=O) groups excluding carboxylic acids is 1. The molecule has 0 unspecified atom stereocenters. The van der Waals surface area contributed by atoms with Crippen LogP contribution in [0, 0.1) is 12.8 Å². The molecule has 2 aliphatic rings. The first-order valence-corrected chi connectivity index (χ1v) is 13.4. The van der Waals surface area contributed by atoms with Gasteiger partial charge in [-0.05, 0) is 67.6 Å². The highest BCUT2D eigenvalue weighted by molar-refractivity contribution is 5.94. The molecule has 2 fully saturated rings. The van der Waals surface area contributed by atoms with Gasteiger partial charge in [0.1, 0.15) is 17.3 Å². The summed E-state index contributed by atoms with van der Waals surface area (Å²) in [5.41, 5.74) is 2.08. The number of nitrogens with zero attached hydrogens (tertiary/aromatic N) is 2. The normalized spacial score (nSPS) is 20.9. The maximum Gasteiger partial charge on any atom is 0.254 e. The fourth-order valence-corrected chi connectivity index (χ4v) is 6.10. The van der Waals surface area contributed by atoms with Crippen LogP contribution in [0.15, 0.2) is 71.1 Å². The Kier molecular flexibility index (Phi) is 7.76. The summed E-state index contributed by atoms with van der Waals surface area (Å²) in [6.45, 7) is 5.43. The monoisotopic (exact) mass is 486 g/mol. The van der Waals surface area contributed by atoms with Crippen LogP contribution in [0.1, 0.15) is 65.5 Å². The first-order chi connectivity index (χ1) is 17.6. The summed E-state index contributed by atoms with van der Waals surface area (Å²) in [7, 11) is 1.72. The molecule has 0 radical (unpaired) electrons. The molecule has 0 N–H and O–H groups in total. The van der Waals surface area contributed by atoms with E-state index in [1.165, 1.54) is 24.8 Å². The smallest absolute Gasteiger partial charge is 0.254 e. The number of benzene rings is 2. The number of likely N-dealkylation sites (tertiary alicyclic amines) is 1. The zero-order chi connectivity index (χ0) is 24.9. The molecule has 2 heterocycles. The maximum atomic E-state index is 13.8. The van der Waals surface area contributed by atoms with Crippen LogP contribution < -0.4 is 4.74 Å². The zero-order valence-electron chi connectivity index (χ0n) is 21.6. The molecule has 1 aliphatic carbocycles. The highest BCUT2D eigenvalue weighted by Crippen LogP contribution is 2.37. The Morgan fingerprint density at radius 3 is 2.53 bits per heavy atom. The van der Waals surface area contributed by atoms with E-state index in [2.05, 4.69) is 34.1 Å². The fraction of sp³-hybridized carbons (Fsp3) is 0.452. The SMILES string of the molecule is COc1cccc([C@@H]2CN(Cc3ccc(C)o3)C[C@H]2CN(C(=O)c2ccccc2)C2CCCCC2)c1. The Balaban J connectivity index is 1.42. The average Bonchev–Trinajstić information content (AvgIpc) is 3.53. The largest absolute Gasteiger partial charge is 0.497 e. The van der Waals surface area contributed by atoms with Crippen LogP contribution in [0.4, 0.5) is 0 Å². The molecular weight excluding hydrogens is 448 g/mol. The third-order valence-electron chi connectivity index (χ3n) is 7.94. The van der Waals surface area contributed by atoms with Crippen molar-refractivity contribution in [2.45, 2.75) is 57.5 Å². The lowest BCUT2D eigenvalue weighted by atomic mass is 9.86. The Hall–Kier alpha value is -3.05. The quantitative estimate of drug-likeness (QED) is 0.376. The van der Waals surface area contributed by atoms with E-state index in [9.17, 15) is 4.79 Å². The van der Waals surface area contributed by atoms with E-state index >= 15 is 0 Å². The van der Waals surface area contributed by atoms with Crippen LogP contribution in [0.2, 0.25) is 0 Å². The Bertz CT molecular complexity index is 1140. The van der Waals surface area contributed by atoms with Crippen molar-refractivity contribution in [2.75, 3.05) is 26.7 Å². The van der Waals surface area contributed by atoms with Crippen molar-refractivity contribution in [2.24, 2.45) is 5.92 Å². The van der Waals surface area contributed by atoms with E-state index in [0.717, 1.165) is 61.9 Å². The van der Waals surface area contributed by atoms with E-state index in [0.29, 0.717) is 17.9 Å². The van der Waals surface area contributed by atoms with Crippen molar-refractivity contribution >= 4 is 5.91 Å². The standard InChI is InChI=1S/C31H38N2O3/c1-23-16-17-29(36-23)21-32-19-26(30(22-32)25-12-9-15-28(18-25)35-2)20-33(27-13-7-4-8-14-27)31(34)24-10-5-3-6-11-24/h3,5-6,9-12,15-18,26-27,30H,4,7-8,13-14,19-22H2,1-2H3/t26-,30-/m0/s1. The van der Waals surface area contributed by atoms with Crippen molar-refractivity contribution in [3.63, 3.8) is 0 Å². The third kappa shape index (κ3) is 5.67. The Morgan fingerprint density at radius 1 is 1.00 bits per heavy atom. The number of furan rings is 1. The summed E-state index contributed by atoms with van der Waals surface area (Å²) in [5.74, 6) is 3.67. The maximum absolute atomic E-state index is 13.8. The van der Waals surface area contributed by atoms with Gasteiger partial charge < -0.3 is 14.1 Å². The summed E-state index contributed by atoms with van der Waals surface area (Å²) >= 11 is 0. The minimum Gasteiger partial charge on any atom is -0.497 e. The van der Waals surface area contributed by atoms with E-state index in [-0.39, 0.29) is 5.91 Å². The number of hydrogen-bond donors (Lipinski definition) is 0. The molecule has 1 amide bonds. The lowest BCUT2D eigenvalue weighted by molar-refractivity contribution is 0.0587. The van der Waals surface area contributed by atoms with E-state index in [1.54, 1.807) is 7.11 Å². The van der Waals surface area contributed by atoms with Gasteiger partial charge in [0.2, 0.25) is 0 Å². The number of hydrogen-bond acceptors (Lipinski definition) is 4. The van der Waals surface area contributed by atoms with Gasteiger partial charge >= 0.3 is 0 Å². The van der Waals surface area contributed by atoms with Gasteiger partial charge in [-0.1, -0.05) is 49.6 Å². The molecule has 1 saturated heterocycles. The molecule has 1 aromatic heterocycles. The summed E-state index contributed by atoms with van der Waals surface area (Å²) < 4.78 is 11.5. The van der Waals surface area contributed by atoms with Gasteiger partial charge in [-0.15, -0.1) is 0 Å². The zero-order valence-corrected chi connectivity index (χ0v) is 21.6. The van der Waals surface area contributed by atoms with Crippen molar-refractivity contribution in [3.05, 3.63) is 89.4 Å². The van der Waals surface area contributed by atoms with E-state index in [4.69, 9.17) is 9.15 Å². The lowest BCUT2D eigenvalue weighted by Crippen LogP contribution is -2.45. The molecule has 2 aromatic carbocycles. The van der Waals surface area contributed by atoms with E-state index in [1.807, 2.05) is 49.4 Å². The molecule has 1 saturated carbocycles. The Labute approximate surface area is 215 Å². The summed E-state index contributed by atoms with van der Waals surface area (Å²) in [6, 6.07) is 22.7. The van der Waals surface area contributed by atoms with Crippen LogP contribution in [-0.2, 0) is 6.54 Å². The average molecular weight is 487 g/mol. The number of carbonyl (C=O) groups is 1. The van der Waals surface area contributed by atoms with Gasteiger partial charge in [0.25, 0.3) is 5.91 Å². The number of amides is 1. The van der Waals surface area contributed by atoms with Gasteiger partial charge in [-0.3, -0.25) is 9.69 Å². The third-order valence-corrected chi connectivity index (χ3v) is 7.94. The molecule has 2 atom stereocenters. The van der Waals surface area contributed by atoms with Crippen LogP contribution >= 0.6 is 0 Å². The Morgan fingerprint density at radius 2 is 1.81 bits per heavy atom. The minimum absolute atomic E-state index is 0.173. The predicted molar refractivity (Wildman–Crippen MR) is 142 cm³/mol. The molecule has 190 valence electrons. The summed E-state index contributed by atoms with van der Waals surface area (Å²) in [5, 5.41) is 0. The number of rotatable bonds is 8. The molecule has 36 heavy (non-hydrogen) atoms.